The molecule has 112 valence electrons. The van der Waals surface area contributed by atoms with Crippen LogP contribution >= 0.6 is 0 Å². The molecule has 1 rings (SSSR count). The molecule has 0 aliphatic carbocycles. The summed E-state index contributed by atoms with van der Waals surface area (Å²) < 4.78 is 0. The Bertz CT molecular complexity index is 421. The molecule has 1 fully saturated rings. The largest absolute Gasteiger partial charge is 0.481 e. The van der Waals surface area contributed by atoms with E-state index in [-0.39, 0.29) is 25.4 Å². The average molecular weight is 285 g/mol. The molecule has 3 N–H and O–H groups in total. The number of rotatable bonds is 7. The molecule has 8 heteroatoms. The lowest BCUT2D eigenvalue weighted by atomic mass is 10.0. The van der Waals surface area contributed by atoms with E-state index in [0.29, 0.717) is 6.42 Å². The van der Waals surface area contributed by atoms with Crippen LogP contribution in [0, 0.1) is 5.92 Å². The zero-order valence-corrected chi connectivity index (χ0v) is 11.5. The van der Waals surface area contributed by atoms with Crippen LogP contribution in [0.15, 0.2) is 0 Å². The predicted molar refractivity (Wildman–Crippen MR) is 68.8 cm³/mol. The van der Waals surface area contributed by atoms with Gasteiger partial charge in [-0.25, -0.2) is 4.79 Å². The highest BCUT2D eigenvalue weighted by atomic mass is 16.4. The summed E-state index contributed by atoms with van der Waals surface area (Å²) >= 11 is 0. The lowest BCUT2D eigenvalue weighted by Crippen LogP contribution is -2.44. The van der Waals surface area contributed by atoms with Gasteiger partial charge in [0, 0.05) is 6.04 Å². The lowest BCUT2D eigenvalue weighted by molar-refractivity contribution is -0.137. The summed E-state index contributed by atoms with van der Waals surface area (Å²) in [6, 6.07) is -1.09. The summed E-state index contributed by atoms with van der Waals surface area (Å²) in [7, 11) is 0. The van der Waals surface area contributed by atoms with Gasteiger partial charge < -0.3 is 15.3 Å². The topological polar surface area (TPSA) is 116 Å². The molecule has 0 radical (unpaired) electrons. The third-order valence-corrected chi connectivity index (χ3v) is 2.74. The van der Waals surface area contributed by atoms with Crippen molar-refractivity contribution in [3.8, 4) is 0 Å². The number of hydrogen-bond acceptors (Lipinski definition) is 4. The minimum absolute atomic E-state index is 0.153. The summed E-state index contributed by atoms with van der Waals surface area (Å²) in [4.78, 5) is 45.9. The number of imide groups is 1. The number of carboxylic acids is 1. The first-order valence-corrected chi connectivity index (χ1v) is 6.37. The monoisotopic (exact) mass is 285 g/mol. The van der Waals surface area contributed by atoms with Gasteiger partial charge in [0.2, 0.25) is 11.8 Å². The lowest BCUT2D eigenvalue weighted by Gasteiger charge is -2.20. The summed E-state index contributed by atoms with van der Waals surface area (Å²) in [5.74, 6) is -1.69. The fourth-order valence-corrected chi connectivity index (χ4v) is 2.03. The second kappa shape index (κ2) is 6.88. The van der Waals surface area contributed by atoms with E-state index in [1.54, 1.807) is 0 Å². The predicted octanol–water partition coefficient (Wildman–Crippen LogP) is -0.456. The Morgan fingerprint density at radius 3 is 2.50 bits per heavy atom. The third kappa shape index (κ3) is 5.25. The first-order valence-electron chi connectivity index (χ1n) is 6.37. The molecule has 0 saturated carbocycles. The van der Waals surface area contributed by atoms with Gasteiger partial charge in [0.05, 0.1) is 6.42 Å². The summed E-state index contributed by atoms with van der Waals surface area (Å²) in [5.41, 5.74) is 0. The van der Waals surface area contributed by atoms with Gasteiger partial charge >= 0.3 is 12.0 Å². The van der Waals surface area contributed by atoms with E-state index < -0.39 is 29.9 Å². The molecule has 1 aliphatic heterocycles. The van der Waals surface area contributed by atoms with E-state index in [9.17, 15) is 19.2 Å². The fraction of sp³-hybridized carbons (Fsp3) is 0.667. The number of carboxylic acid groups (broad SMARTS) is 1. The van der Waals surface area contributed by atoms with Gasteiger partial charge in [-0.1, -0.05) is 13.8 Å². The average Bonchev–Trinajstić information content (AvgIpc) is 2.54. The molecular formula is C12H19N3O5. The fourth-order valence-electron chi connectivity index (χ4n) is 2.03. The Morgan fingerprint density at radius 2 is 2.05 bits per heavy atom. The molecule has 0 aromatic rings. The van der Waals surface area contributed by atoms with Gasteiger partial charge in [-0.2, -0.15) is 0 Å². The van der Waals surface area contributed by atoms with Crippen molar-refractivity contribution >= 4 is 23.8 Å². The summed E-state index contributed by atoms with van der Waals surface area (Å²) in [6.07, 6.45) is 0.359. The van der Waals surface area contributed by atoms with Crippen molar-refractivity contribution < 1.29 is 24.3 Å². The molecule has 20 heavy (non-hydrogen) atoms. The maximum atomic E-state index is 11.8. The Labute approximate surface area is 116 Å². The van der Waals surface area contributed by atoms with Gasteiger partial charge in [-0.05, 0) is 12.3 Å². The number of urea groups is 1. The summed E-state index contributed by atoms with van der Waals surface area (Å²) in [6.45, 7) is 3.44. The van der Waals surface area contributed by atoms with E-state index in [4.69, 9.17) is 5.11 Å². The van der Waals surface area contributed by atoms with Crippen LogP contribution in [0.5, 0.6) is 0 Å². The molecule has 1 saturated heterocycles. The number of hydrogen-bond donors (Lipinski definition) is 3. The SMILES string of the molecule is CC(C)C[C@@H](CC(=O)O)NC(=O)CN1CC(=O)NC1=O. The number of aliphatic carboxylic acids is 1. The molecular weight excluding hydrogens is 266 g/mol. The zero-order valence-electron chi connectivity index (χ0n) is 11.5. The summed E-state index contributed by atoms with van der Waals surface area (Å²) in [5, 5.41) is 13.5. The number of nitrogens with one attached hydrogen (secondary N) is 2. The van der Waals surface area contributed by atoms with Crippen molar-refractivity contribution in [3.63, 3.8) is 0 Å². The van der Waals surface area contributed by atoms with Crippen LogP contribution in [0.25, 0.3) is 0 Å². The molecule has 0 aromatic carbocycles. The first-order chi connectivity index (χ1) is 9.27. The minimum atomic E-state index is -0.995. The third-order valence-electron chi connectivity index (χ3n) is 2.74. The van der Waals surface area contributed by atoms with Crippen LogP contribution in [-0.2, 0) is 14.4 Å². The Balaban J connectivity index is 2.50. The van der Waals surface area contributed by atoms with Crippen molar-refractivity contribution in [1.82, 2.24) is 15.5 Å². The van der Waals surface area contributed by atoms with E-state index >= 15 is 0 Å². The number of amides is 4. The molecule has 1 atom stereocenters. The van der Waals surface area contributed by atoms with Gasteiger partial charge in [-0.15, -0.1) is 0 Å². The molecule has 4 amide bonds. The van der Waals surface area contributed by atoms with Crippen LogP contribution < -0.4 is 10.6 Å². The molecule has 0 spiro atoms. The molecule has 0 aromatic heterocycles. The molecule has 1 heterocycles. The first kappa shape index (κ1) is 15.9. The highest BCUT2D eigenvalue weighted by molar-refractivity contribution is 6.03. The number of nitrogens with zero attached hydrogens (tertiary/aromatic N) is 1. The van der Waals surface area contributed by atoms with E-state index in [0.717, 1.165) is 4.90 Å². The van der Waals surface area contributed by atoms with Crippen LogP contribution in [0.4, 0.5) is 4.79 Å². The highest BCUT2D eigenvalue weighted by Crippen LogP contribution is 2.08. The number of carbonyl (C=O) groups excluding carboxylic acids is 3. The van der Waals surface area contributed by atoms with Gasteiger partial charge in [0.15, 0.2) is 0 Å². The number of carbonyl (C=O) groups is 4. The van der Waals surface area contributed by atoms with Crippen molar-refractivity contribution in [2.45, 2.75) is 32.7 Å². The van der Waals surface area contributed by atoms with Crippen LogP contribution in [0.1, 0.15) is 26.7 Å². The van der Waals surface area contributed by atoms with Crippen LogP contribution in [0.2, 0.25) is 0 Å². The van der Waals surface area contributed by atoms with Crippen molar-refractivity contribution in [3.05, 3.63) is 0 Å². The normalized spacial score (nSPS) is 16.2. The smallest absolute Gasteiger partial charge is 0.325 e. The van der Waals surface area contributed by atoms with E-state index in [1.807, 2.05) is 13.8 Å². The van der Waals surface area contributed by atoms with Crippen LogP contribution in [-0.4, -0.2) is 53.0 Å². The Morgan fingerprint density at radius 1 is 1.40 bits per heavy atom. The second-order valence-corrected chi connectivity index (χ2v) is 5.20. The van der Waals surface area contributed by atoms with E-state index in [2.05, 4.69) is 10.6 Å². The van der Waals surface area contributed by atoms with Gasteiger partial charge in [0.25, 0.3) is 0 Å². The molecule has 0 bridgehead atoms. The van der Waals surface area contributed by atoms with Crippen molar-refractivity contribution in [2.24, 2.45) is 5.92 Å². The standard InChI is InChI=1S/C12H19N3O5/c1-7(2)3-8(4-11(18)19)13-9(16)5-15-6-10(17)14-12(15)20/h7-8H,3-6H2,1-2H3,(H,13,16)(H,18,19)(H,14,17,20)/t8-/m0/s1. The maximum absolute atomic E-state index is 11.8. The zero-order chi connectivity index (χ0) is 15.3. The van der Waals surface area contributed by atoms with Crippen LogP contribution in [0.3, 0.4) is 0 Å². The quantitative estimate of drug-likeness (QED) is 0.548. The van der Waals surface area contributed by atoms with Gasteiger partial charge in [0.1, 0.15) is 13.1 Å². The van der Waals surface area contributed by atoms with Gasteiger partial charge in [-0.3, -0.25) is 19.7 Å². The molecule has 0 unspecified atom stereocenters. The molecule has 8 nitrogen and oxygen atoms in total. The Hall–Kier alpha value is -2.12. The van der Waals surface area contributed by atoms with Crippen molar-refractivity contribution in [2.75, 3.05) is 13.1 Å². The second-order valence-electron chi connectivity index (χ2n) is 5.20. The molecule has 1 aliphatic rings. The minimum Gasteiger partial charge on any atom is -0.481 e. The van der Waals surface area contributed by atoms with Crippen molar-refractivity contribution in [1.29, 1.82) is 0 Å². The maximum Gasteiger partial charge on any atom is 0.325 e. The Kier molecular flexibility index (Phi) is 5.48. The van der Waals surface area contributed by atoms with E-state index in [1.165, 1.54) is 0 Å². The highest BCUT2D eigenvalue weighted by Gasteiger charge is 2.29.